The molecule has 9 heteroatoms. The number of aliphatic hydroxyl groups excluding tert-OH is 1. The second-order valence-electron chi connectivity index (χ2n) is 5.08. The van der Waals surface area contributed by atoms with Gasteiger partial charge < -0.3 is 10.4 Å². The highest BCUT2D eigenvalue weighted by Gasteiger charge is 2.44. The largest absolute Gasteiger partial charge is 0.390 e. The normalized spacial score (nSPS) is 18.2. The molecule has 0 aromatic heterocycles. The highest BCUT2D eigenvalue weighted by molar-refractivity contribution is 6.32. The summed E-state index contributed by atoms with van der Waals surface area (Å²) in [6.45, 7) is 0.451. The van der Waals surface area contributed by atoms with Crippen molar-refractivity contribution in [3.05, 3.63) is 38.9 Å². The molecule has 1 aliphatic rings. The van der Waals surface area contributed by atoms with E-state index in [1.54, 1.807) is 0 Å². The van der Waals surface area contributed by atoms with Crippen LogP contribution >= 0.6 is 11.6 Å². The third-order valence-electron chi connectivity index (χ3n) is 3.61. The van der Waals surface area contributed by atoms with Crippen LogP contribution in [0.4, 0.5) is 14.5 Å². The zero-order chi connectivity index (χ0) is 16.3. The van der Waals surface area contributed by atoms with Crippen LogP contribution in [0.15, 0.2) is 18.2 Å². The van der Waals surface area contributed by atoms with Gasteiger partial charge in [0.1, 0.15) is 17.7 Å². The topological polar surface area (TPSA) is 78.6 Å². The number of halogens is 3. The monoisotopic (exact) mass is 335 g/mol. The molecular formula is C13H16ClF2N3O3. The van der Waals surface area contributed by atoms with Crippen LogP contribution in [-0.2, 0) is 0 Å². The van der Waals surface area contributed by atoms with Crippen LogP contribution in [0.5, 0.6) is 0 Å². The third kappa shape index (κ3) is 3.52. The molecule has 1 aromatic carbocycles. The summed E-state index contributed by atoms with van der Waals surface area (Å²) in [6, 6.07) is 2.19. The number of aliphatic hydroxyl groups is 1. The Morgan fingerprint density at radius 3 is 2.64 bits per heavy atom. The van der Waals surface area contributed by atoms with Crippen molar-refractivity contribution in [2.45, 2.75) is 12.0 Å². The first-order chi connectivity index (χ1) is 10.4. The van der Waals surface area contributed by atoms with E-state index in [2.05, 4.69) is 5.32 Å². The Balaban J connectivity index is 2.44. The van der Waals surface area contributed by atoms with E-state index in [1.807, 2.05) is 0 Å². The molecule has 1 aliphatic heterocycles. The summed E-state index contributed by atoms with van der Waals surface area (Å²) in [5.41, 5.74) is -0.356. The maximum atomic E-state index is 14.2. The predicted octanol–water partition coefficient (Wildman–Crippen LogP) is 1.82. The first kappa shape index (κ1) is 17.0. The van der Waals surface area contributed by atoms with Gasteiger partial charge in [0.05, 0.1) is 4.92 Å². The number of rotatable bonds is 5. The molecule has 1 aromatic rings. The smallest absolute Gasteiger partial charge is 0.289 e. The van der Waals surface area contributed by atoms with Crippen molar-refractivity contribution < 1.29 is 18.8 Å². The van der Waals surface area contributed by atoms with Crippen molar-refractivity contribution in [3.63, 3.8) is 0 Å². The molecule has 0 saturated carbocycles. The summed E-state index contributed by atoms with van der Waals surface area (Å²) in [7, 11) is 0. The number of nitrogens with zero attached hydrogens (tertiary/aromatic N) is 2. The molecule has 0 amide bonds. The van der Waals surface area contributed by atoms with Crippen LogP contribution in [0.1, 0.15) is 11.6 Å². The van der Waals surface area contributed by atoms with Crippen molar-refractivity contribution in [1.82, 2.24) is 10.2 Å². The summed E-state index contributed by atoms with van der Waals surface area (Å²) in [4.78, 5) is 11.8. The number of piperazine rings is 1. The Hall–Kier alpha value is -1.35. The molecule has 1 heterocycles. The zero-order valence-corrected chi connectivity index (χ0v) is 12.4. The van der Waals surface area contributed by atoms with Crippen LogP contribution in [0.2, 0.25) is 5.02 Å². The van der Waals surface area contributed by atoms with Crippen molar-refractivity contribution in [3.8, 4) is 0 Å². The second kappa shape index (κ2) is 6.82. The van der Waals surface area contributed by atoms with E-state index >= 15 is 0 Å². The van der Waals surface area contributed by atoms with Crippen molar-refractivity contribution in [1.29, 1.82) is 0 Å². The van der Waals surface area contributed by atoms with Crippen LogP contribution in [-0.4, -0.2) is 53.6 Å². The maximum absolute atomic E-state index is 14.2. The van der Waals surface area contributed by atoms with Gasteiger partial charge >= 0.3 is 0 Å². The number of nitro benzene ring substituents is 1. The standard InChI is InChI=1S/C13H16ClF2N3O3/c14-10-2-1-9(7-11(10)19(21)22)12(13(15,16)8-20)18-5-3-17-4-6-18/h1-2,7,12,17,20H,3-6,8H2/t12-/m1/s1. The van der Waals surface area contributed by atoms with E-state index in [4.69, 9.17) is 16.7 Å². The molecule has 0 aliphatic carbocycles. The molecule has 2 N–H and O–H groups in total. The number of benzene rings is 1. The van der Waals surface area contributed by atoms with E-state index in [9.17, 15) is 18.9 Å². The van der Waals surface area contributed by atoms with Gasteiger partial charge in [0.25, 0.3) is 11.6 Å². The molecule has 1 atom stereocenters. The minimum atomic E-state index is -3.42. The van der Waals surface area contributed by atoms with Crippen molar-refractivity contribution >= 4 is 17.3 Å². The van der Waals surface area contributed by atoms with Gasteiger partial charge in [-0.3, -0.25) is 15.0 Å². The molecule has 0 bridgehead atoms. The lowest BCUT2D eigenvalue weighted by atomic mass is 9.97. The number of nitrogens with one attached hydrogen (secondary N) is 1. The maximum Gasteiger partial charge on any atom is 0.289 e. The van der Waals surface area contributed by atoms with Crippen molar-refractivity contribution in [2.75, 3.05) is 32.8 Å². The SMILES string of the molecule is O=[N+]([O-])c1cc([C@@H](N2CCNCC2)C(F)(F)CO)ccc1Cl. The Bertz CT molecular complexity index is 553. The summed E-state index contributed by atoms with van der Waals surface area (Å²) >= 11 is 5.73. The minimum absolute atomic E-state index is 0.0667. The van der Waals surface area contributed by atoms with Crippen molar-refractivity contribution in [2.24, 2.45) is 0 Å². The quantitative estimate of drug-likeness (QED) is 0.634. The molecule has 1 saturated heterocycles. The highest BCUT2D eigenvalue weighted by Crippen LogP contribution is 2.39. The van der Waals surface area contributed by atoms with E-state index < -0.39 is 29.2 Å². The van der Waals surface area contributed by atoms with E-state index in [1.165, 1.54) is 17.0 Å². The van der Waals surface area contributed by atoms with Gasteiger partial charge in [-0.25, -0.2) is 8.78 Å². The molecule has 22 heavy (non-hydrogen) atoms. The molecule has 6 nitrogen and oxygen atoms in total. The first-order valence-corrected chi connectivity index (χ1v) is 7.12. The van der Waals surface area contributed by atoms with Crippen LogP contribution in [0.3, 0.4) is 0 Å². The predicted molar refractivity (Wildman–Crippen MR) is 77.3 cm³/mol. The fourth-order valence-corrected chi connectivity index (χ4v) is 2.77. The van der Waals surface area contributed by atoms with E-state index in [-0.39, 0.29) is 10.6 Å². The van der Waals surface area contributed by atoms with Gasteiger partial charge in [0, 0.05) is 32.2 Å². The van der Waals surface area contributed by atoms with Gasteiger partial charge in [-0.15, -0.1) is 0 Å². The number of alkyl halides is 2. The van der Waals surface area contributed by atoms with Gasteiger partial charge in [0.2, 0.25) is 0 Å². The Kier molecular flexibility index (Phi) is 5.28. The average Bonchev–Trinajstić information content (AvgIpc) is 2.50. The van der Waals surface area contributed by atoms with Gasteiger partial charge in [0.15, 0.2) is 0 Å². The van der Waals surface area contributed by atoms with Gasteiger partial charge in [-0.2, -0.15) is 0 Å². The molecule has 1 fully saturated rings. The lowest BCUT2D eigenvalue weighted by Gasteiger charge is -2.38. The summed E-state index contributed by atoms with van der Waals surface area (Å²) in [5, 5.41) is 22.9. The molecular weight excluding hydrogens is 320 g/mol. The minimum Gasteiger partial charge on any atom is -0.390 e. The van der Waals surface area contributed by atoms with Gasteiger partial charge in [-0.05, 0) is 11.6 Å². The fourth-order valence-electron chi connectivity index (χ4n) is 2.59. The van der Waals surface area contributed by atoms with E-state index in [0.29, 0.717) is 26.2 Å². The van der Waals surface area contributed by atoms with Crippen LogP contribution in [0, 0.1) is 10.1 Å². The summed E-state index contributed by atoms with van der Waals surface area (Å²) in [6.07, 6.45) is 0. The summed E-state index contributed by atoms with van der Waals surface area (Å²) < 4.78 is 28.4. The molecule has 2 rings (SSSR count). The zero-order valence-electron chi connectivity index (χ0n) is 11.6. The molecule has 0 spiro atoms. The van der Waals surface area contributed by atoms with Crippen LogP contribution in [0.25, 0.3) is 0 Å². The lowest BCUT2D eigenvalue weighted by Crippen LogP contribution is -2.51. The molecule has 122 valence electrons. The van der Waals surface area contributed by atoms with Gasteiger partial charge in [-0.1, -0.05) is 17.7 Å². The molecule has 0 radical (unpaired) electrons. The number of hydrogen-bond donors (Lipinski definition) is 2. The Morgan fingerprint density at radius 1 is 1.45 bits per heavy atom. The third-order valence-corrected chi connectivity index (χ3v) is 3.93. The highest BCUT2D eigenvalue weighted by atomic mass is 35.5. The average molecular weight is 336 g/mol. The first-order valence-electron chi connectivity index (χ1n) is 6.74. The fraction of sp³-hybridized carbons (Fsp3) is 0.538. The number of nitro groups is 1. The lowest BCUT2D eigenvalue weighted by molar-refractivity contribution is -0.384. The Morgan fingerprint density at radius 2 is 2.09 bits per heavy atom. The molecule has 0 unspecified atom stereocenters. The van der Waals surface area contributed by atoms with E-state index in [0.717, 1.165) is 6.07 Å². The second-order valence-corrected chi connectivity index (χ2v) is 5.48. The number of hydrogen-bond acceptors (Lipinski definition) is 5. The Labute approximate surface area is 130 Å². The summed E-state index contributed by atoms with van der Waals surface area (Å²) in [5.74, 6) is -3.42. The van der Waals surface area contributed by atoms with Crippen LogP contribution < -0.4 is 5.32 Å².